The van der Waals surface area contributed by atoms with Crippen molar-refractivity contribution in [3.8, 4) is 33.4 Å². The second-order valence-corrected chi connectivity index (χ2v) is 16.9. The van der Waals surface area contributed by atoms with Gasteiger partial charge in [0.05, 0.1) is 5.69 Å². The van der Waals surface area contributed by atoms with Crippen LogP contribution in [0.25, 0.3) is 33.4 Å². The highest BCUT2D eigenvalue weighted by atomic mass is 15.1. The van der Waals surface area contributed by atoms with Crippen molar-refractivity contribution in [2.45, 2.75) is 51.4 Å². The third-order valence-electron chi connectivity index (χ3n) is 12.2. The van der Waals surface area contributed by atoms with Crippen molar-refractivity contribution in [2.75, 3.05) is 9.80 Å². The van der Waals surface area contributed by atoms with E-state index in [-0.39, 0.29) is 10.8 Å². The quantitative estimate of drug-likeness (QED) is 0.145. The van der Waals surface area contributed by atoms with E-state index in [1.54, 1.807) is 0 Å². The summed E-state index contributed by atoms with van der Waals surface area (Å²) in [5.41, 5.74) is 17.3. The molecule has 0 bridgehead atoms. The lowest BCUT2D eigenvalue weighted by molar-refractivity contribution is 0.332. The van der Waals surface area contributed by atoms with Gasteiger partial charge in [0, 0.05) is 34.0 Å². The molecule has 2 heteroatoms. The van der Waals surface area contributed by atoms with Crippen molar-refractivity contribution in [1.29, 1.82) is 0 Å². The Morgan fingerprint density at radius 2 is 0.690 bits per heavy atom. The van der Waals surface area contributed by atoms with Crippen LogP contribution in [-0.4, -0.2) is 0 Å². The SMILES string of the molecule is CC1(C)CCC(C)(C)c2cc(-c3ccc(N(c4ccc(-c5ccc(N(c6ccccc6)c6ccccc6)cc5)cc4)c4ccccc4-c4ccccc4)cc3)ccc21. The molecule has 0 heterocycles. The minimum atomic E-state index is 0.164. The van der Waals surface area contributed by atoms with Gasteiger partial charge in [-0.1, -0.05) is 167 Å². The van der Waals surface area contributed by atoms with Crippen LogP contribution >= 0.6 is 0 Å². The number of benzene rings is 8. The molecule has 0 spiro atoms. The summed E-state index contributed by atoms with van der Waals surface area (Å²) >= 11 is 0. The van der Waals surface area contributed by atoms with E-state index >= 15 is 0 Å². The molecular weight excluding hydrogens is 701 g/mol. The van der Waals surface area contributed by atoms with E-state index in [9.17, 15) is 0 Å². The van der Waals surface area contributed by atoms with E-state index in [0.717, 1.165) is 34.1 Å². The van der Waals surface area contributed by atoms with Gasteiger partial charge in [0.15, 0.2) is 0 Å². The van der Waals surface area contributed by atoms with Crippen molar-refractivity contribution in [3.63, 3.8) is 0 Å². The van der Waals surface area contributed by atoms with Crippen LogP contribution in [0.1, 0.15) is 51.7 Å². The molecule has 8 aromatic rings. The van der Waals surface area contributed by atoms with Crippen molar-refractivity contribution < 1.29 is 0 Å². The summed E-state index contributed by atoms with van der Waals surface area (Å²) in [6.45, 7) is 9.60. The van der Waals surface area contributed by atoms with Gasteiger partial charge in [-0.2, -0.15) is 0 Å². The Labute approximate surface area is 344 Å². The topological polar surface area (TPSA) is 6.48 Å². The first-order valence-electron chi connectivity index (χ1n) is 20.6. The van der Waals surface area contributed by atoms with Gasteiger partial charge in [-0.05, 0) is 129 Å². The molecule has 0 radical (unpaired) electrons. The lowest BCUT2D eigenvalue weighted by Gasteiger charge is -2.42. The predicted molar refractivity (Wildman–Crippen MR) is 247 cm³/mol. The average Bonchev–Trinajstić information content (AvgIpc) is 3.27. The zero-order valence-corrected chi connectivity index (χ0v) is 33.9. The monoisotopic (exact) mass is 750 g/mol. The average molecular weight is 751 g/mol. The highest BCUT2D eigenvalue weighted by Gasteiger charge is 2.37. The summed E-state index contributed by atoms with van der Waals surface area (Å²) in [6.07, 6.45) is 2.42. The van der Waals surface area contributed by atoms with E-state index in [0.29, 0.717) is 0 Å². The number of anilines is 6. The van der Waals surface area contributed by atoms with Crippen LogP contribution in [0.5, 0.6) is 0 Å². The Bertz CT molecular complexity index is 2590. The summed E-state index contributed by atoms with van der Waals surface area (Å²) in [5, 5.41) is 0. The minimum Gasteiger partial charge on any atom is -0.311 e. The van der Waals surface area contributed by atoms with Gasteiger partial charge in [0.25, 0.3) is 0 Å². The zero-order valence-electron chi connectivity index (χ0n) is 33.9. The number of para-hydroxylation sites is 3. The maximum atomic E-state index is 2.46. The first-order valence-corrected chi connectivity index (χ1v) is 20.6. The molecule has 0 amide bonds. The summed E-state index contributed by atoms with van der Waals surface area (Å²) in [4.78, 5) is 4.70. The Morgan fingerprint density at radius 1 is 0.310 bits per heavy atom. The molecule has 1 aliphatic rings. The van der Waals surface area contributed by atoms with E-state index < -0.39 is 0 Å². The molecule has 0 saturated carbocycles. The Hall–Kier alpha value is -6.64. The van der Waals surface area contributed by atoms with Gasteiger partial charge in [0.1, 0.15) is 0 Å². The van der Waals surface area contributed by atoms with Gasteiger partial charge in [0.2, 0.25) is 0 Å². The van der Waals surface area contributed by atoms with Crippen molar-refractivity contribution in [2.24, 2.45) is 0 Å². The number of rotatable bonds is 9. The zero-order chi connectivity index (χ0) is 39.7. The van der Waals surface area contributed by atoms with Crippen molar-refractivity contribution in [3.05, 3.63) is 217 Å². The van der Waals surface area contributed by atoms with Crippen molar-refractivity contribution in [1.82, 2.24) is 0 Å². The van der Waals surface area contributed by atoms with Crippen LogP contribution in [0, 0.1) is 0 Å². The highest BCUT2D eigenvalue weighted by molar-refractivity contribution is 5.89. The lowest BCUT2D eigenvalue weighted by atomic mass is 9.63. The van der Waals surface area contributed by atoms with Crippen molar-refractivity contribution >= 4 is 34.1 Å². The van der Waals surface area contributed by atoms with Crippen LogP contribution < -0.4 is 9.80 Å². The first-order chi connectivity index (χ1) is 28.2. The fourth-order valence-electron chi connectivity index (χ4n) is 8.74. The summed E-state index contributed by atoms with van der Waals surface area (Å²) in [5.74, 6) is 0. The lowest BCUT2D eigenvalue weighted by Crippen LogP contribution is -2.33. The van der Waals surface area contributed by atoms with Crippen LogP contribution in [0.2, 0.25) is 0 Å². The Morgan fingerprint density at radius 3 is 1.21 bits per heavy atom. The summed E-state index contributed by atoms with van der Waals surface area (Å²) in [7, 11) is 0. The maximum Gasteiger partial charge on any atom is 0.0540 e. The van der Waals surface area contributed by atoms with Gasteiger partial charge in [-0.3, -0.25) is 0 Å². The molecule has 0 aliphatic heterocycles. The third-order valence-corrected chi connectivity index (χ3v) is 12.2. The third kappa shape index (κ3) is 7.23. The van der Waals surface area contributed by atoms with Crippen LogP contribution in [0.4, 0.5) is 34.1 Å². The van der Waals surface area contributed by atoms with Crippen LogP contribution in [0.3, 0.4) is 0 Å². The summed E-state index contributed by atoms with van der Waals surface area (Å²) in [6, 6.07) is 74.8. The highest BCUT2D eigenvalue weighted by Crippen LogP contribution is 2.47. The second kappa shape index (κ2) is 15.4. The van der Waals surface area contributed by atoms with Gasteiger partial charge in [-0.25, -0.2) is 0 Å². The molecule has 0 atom stereocenters. The molecule has 1 aliphatic carbocycles. The Balaban J connectivity index is 1.07. The molecule has 0 saturated heterocycles. The fraction of sp³-hybridized carbons (Fsp3) is 0.143. The summed E-state index contributed by atoms with van der Waals surface area (Å²) < 4.78 is 0. The van der Waals surface area contributed by atoms with Gasteiger partial charge in [-0.15, -0.1) is 0 Å². The Kier molecular flexibility index (Phi) is 9.79. The maximum absolute atomic E-state index is 2.46. The predicted octanol–water partition coefficient (Wildman–Crippen LogP) is 16.0. The standard InChI is InChI=1S/C56H50N2/c1-55(2)38-39-56(3,4)53-40-45(30-37-52(53)55)43-28-35-50(36-29-43)58(54-23-15-14-22-51(54)44-16-8-5-9-17-44)49-33-26-42(27-34-49)41-24-31-48(32-25-41)57(46-18-10-6-11-19-46)47-20-12-7-13-21-47/h5-37,40H,38-39H2,1-4H3. The number of nitrogens with zero attached hydrogens (tertiary/aromatic N) is 2. The van der Waals surface area contributed by atoms with E-state index in [1.165, 1.54) is 57.3 Å². The normalized spacial score (nSPS) is 14.0. The smallest absolute Gasteiger partial charge is 0.0540 e. The molecule has 2 nitrogen and oxygen atoms in total. The van der Waals surface area contributed by atoms with Crippen LogP contribution in [0.15, 0.2) is 206 Å². The van der Waals surface area contributed by atoms with E-state index in [1.807, 2.05) is 0 Å². The molecule has 9 rings (SSSR count). The van der Waals surface area contributed by atoms with E-state index in [2.05, 4.69) is 244 Å². The fourth-order valence-corrected chi connectivity index (χ4v) is 8.74. The van der Waals surface area contributed by atoms with E-state index in [4.69, 9.17) is 0 Å². The molecule has 284 valence electrons. The minimum absolute atomic E-state index is 0.164. The molecule has 8 aromatic carbocycles. The largest absolute Gasteiger partial charge is 0.311 e. The van der Waals surface area contributed by atoms with Gasteiger partial charge < -0.3 is 9.80 Å². The number of hydrogen-bond donors (Lipinski definition) is 0. The molecular formula is C56H50N2. The van der Waals surface area contributed by atoms with Gasteiger partial charge >= 0.3 is 0 Å². The molecule has 0 fully saturated rings. The molecule has 0 unspecified atom stereocenters. The van der Waals surface area contributed by atoms with Crippen LogP contribution in [-0.2, 0) is 10.8 Å². The molecule has 0 aromatic heterocycles. The molecule has 0 N–H and O–H groups in total. The molecule has 58 heavy (non-hydrogen) atoms. The second-order valence-electron chi connectivity index (χ2n) is 16.9. The number of hydrogen-bond acceptors (Lipinski definition) is 2. The number of fused-ring (bicyclic) bond motifs is 1. The first kappa shape index (κ1) is 37.0.